The Morgan fingerprint density at radius 2 is 2.53 bits per heavy atom. The van der Waals surface area contributed by atoms with E-state index in [1.165, 1.54) is 0 Å². The lowest BCUT2D eigenvalue weighted by Gasteiger charge is -2.04. The van der Waals surface area contributed by atoms with Gasteiger partial charge in [0.2, 0.25) is 11.8 Å². The SMILES string of the molecule is COc1nc2sccn2c1CNCCC(N)=O. The second-order valence-electron chi connectivity index (χ2n) is 3.52. The molecule has 0 aliphatic heterocycles. The molecule has 0 aromatic carbocycles. The topological polar surface area (TPSA) is 81.7 Å². The van der Waals surface area contributed by atoms with Gasteiger partial charge >= 0.3 is 0 Å². The molecular formula is C10H14N4O2S. The second-order valence-corrected chi connectivity index (χ2v) is 4.39. The molecule has 0 aliphatic carbocycles. The zero-order valence-electron chi connectivity index (χ0n) is 9.47. The van der Waals surface area contributed by atoms with E-state index < -0.39 is 0 Å². The first-order valence-corrected chi connectivity index (χ1v) is 6.07. The number of primary amides is 1. The molecule has 2 aromatic heterocycles. The molecule has 7 heteroatoms. The third-order valence-electron chi connectivity index (χ3n) is 2.36. The molecule has 2 aromatic rings. The molecule has 0 atom stereocenters. The second kappa shape index (κ2) is 5.15. The molecule has 1 amide bonds. The fourth-order valence-electron chi connectivity index (χ4n) is 1.56. The molecule has 0 saturated heterocycles. The van der Waals surface area contributed by atoms with Gasteiger partial charge in [0.05, 0.1) is 7.11 Å². The Hall–Kier alpha value is -1.60. The monoisotopic (exact) mass is 254 g/mol. The predicted molar refractivity (Wildman–Crippen MR) is 65.1 cm³/mol. The van der Waals surface area contributed by atoms with Crippen LogP contribution in [0.15, 0.2) is 11.6 Å². The zero-order valence-corrected chi connectivity index (χ0v) is 10.3. The summed E-state index contributed by atoms with van der Waals surface area (Å²) in [6.07, 6.45) is 2.27. The molecule has 92 valence electrons. The maximum atomic E-state index is 10.6. The van der Waals surface area contributed by atoms with E-state index in [4.69, 9.17) is 10.5 Å². The van der Waals surface area contributed by atoms with Crippen molar-refractivity contribution in [2.75, 3.05) is 13.7 Å². The molecule has 0 unspecified atom stereocenters. The molecule has 0 fully saturated rings. The number of aromatic nitrogens is 2. The fourth-order valence-corrected chi connectivity index (χ4v) is 2.28. The number of nitrogens with one attached hydrogen (secondary N) is 1. The maximum absolute atomic E-state index is 10.6. The highest BCUT2D eigenvalue weighted by atomic mass is 32.1. The number of thiazole rings is 1. The first-order valence-electron chi connectivity index (χ1n) is 5.20. The zero-order chi connectivity index (χ0) is 12.3. The van der Waals surface area contributed by atoms with Gasteiger partial charge in [-0.2, -0.15) is 4.98 Å². The Bertz CT molecular complexity index is 519. The van der Waals surface area contributed by atoms with E-state index >= 15 is 0 Å². The molecule has 0 radical (unpaired) electrons. The summed E-state index contributed by atoms with van der Waals surface area (Å²) in [6, 6.07) is 0. The normalized spacial score (nSPS) is 10.9. The lowest BCUT2D eigenvalue weighted by Crippen LogP contribution is -2.22. The largest absolute Gasteiger partial charge is 0.480 e. The molecule has 17 heavy (non-hydrogen) atoms. The van der Waals surface area contributed by atoms with Crippen LogP contribution in [0.2, 0.25) is 0 Å². The smallest absolute Gasteiger partial charge is 0.237 e. The number of fused-ring (bicyclic) bond motifs is 1. The van der Waals surface area contributed by atoms with Gasteiger partial charge in [-0.3, -0.25) is 9.20 Å². The Balaban J connectivity index is 2.05. The van der Waals surface area contributed by atoms with Crippen molar-refractivity contribution >= 4 is 22.2 Å². The summed E-state index contributed by atoms with van der Waals surface area (Å²) < 4.78 is 7.18. The van der Waals surface area contributed by atoms with E-state index in [1.54, 1.807) is 18.4 Å². The van der Waals surface area contributed by atoms with Gasteiger partial charge in [0.1, 0.15) is 5.69 Å². The third-order valence-corrected chi connectivity index (χ3v) is 3.11. The van der Waals surface area contributed by atoms with Crippen LogP contribution in [0.25, 0.3) is 4.96 Å². The first-order chi connectivity index (χ1) is 8.22. The van der Waals surface area contributed by atoms with E-state index in [0.29, 0.717) is 25.4 Å². The molecule has 0 aliphatic rings. The lowest BCUT2D eigenvalue weighted by molar-refractivity contribution is -0.117. The molecule has 0 saturated carbocycles. The number of hydrogen-bond donors (Lipinski definition) is 2. The lowest BCUT2D eigenvalue weighted by atomic mass is 10.4. The Labute approximate surface area is 102 Å². The molecule has 0 spiro atoms. The summed E-state index contributed by atoms with van der Waals surface area (Å²) in [4.78, 5) is 15.8. The molecule has 2 rings (SSSR count). The van der Waals surface area contributed by atoms with Crippen LogP contribution < -0.4 is 15.8 Å². The summed E-state index contributed by atoms with van der Waals surface area (Å²) in [7, 11) is 1.60. The molecule has 0 bridgehead atoms. The van der Waals surface area contributed by atoms with Gasteiger partial charge in [-0.15, -0.1) is 11.3 Å². The van der Waals surface area contributed by atoms with Gasteiger partial charge in [0.15, 0.2) is 4.96 Å². The van der Waals surface area contributed by atoms with Crippen LogP contribution in [0.3, 0.4) is 0 Å². The van der Waals surface area contributed by atoms with Crippen molar-refractivity contribution in [1.29, 1.82) is 0 Å². The van der Waals surface area contributed by atoms with Crippen molar-refractivity contribution in [3.63, 3.8) is 0 Å². The minimum Gasteiger partial charge on any atom is -0.480 e. The van der Waals surface area contributed by atoms with Crippen LogP contribution in [-0.4, -0.2) is 28.9 Å². The number of methoxy groups -OCH3 is 1. The van der Waals surface area contributed by atoms with Gasteiger partial charge in [-0.05, 0) is 0 Å². The van der Waals surface area contributed by atoms with Crippen LogP contribution in [0.4, 0.5) is 0 Å². The average Bonchev–Trinajstić information content (AvgIpc) is 2.84. The number of hydrogen-bond acceptors (Lipinski definition) is 5. The third kappa shape index (κ3) is 2.56. The number of nitrogens with zero attached hydrogens (tertiary/aromatic N) is 2. The van der Waals surface area contributed by atoms with Crippen LogP contribution in [0.5, 0.6) is 5.88 Å². The van der Waals surface area contributed by atoms with Crippen molar-refractivity contribution in [2.24, 2.45) is 5.73 Å². The number of carbonyl (C=O) groups is 1. The standard InChI is InChI=1S/C10H14N4O2S/c1-16-9-7(6-12-3-2-8(11)15)14-4-5-17-10(14)13-9/h4-5,12H,2-3,6H2,1H3,(H2,11,15). The van der Waals surface area contributed by atoms with E-state index in [0.717, 1.165) is 10.7 Å². The van der Waals surface area contributed by atoms with Gasteiger partial charge in [0.25, 0.3) is 0 Å². The van der Waals surface area contributed by atoms with Crippen LogP contribution in [-0.2, 0) is 11.3 Å². The summed E-state index contributed by atoms with van der Waals surface area (Å²) in [5.74, 6) is 0.307. The van der Waals surface area contributed by atoms with Gasteiger partial charge < -0.3 is 15.8 Å². The number of carbonyl (C=O) groups excluding carboxylic acids is 1. The molecule has 3 N–H and O–H groups in total. The molecular weight excluding hydrogens is 240 g/mol. The summed E-state index contributed by atoms with van der Waals surface area (Å²) in [5.41, 5.74) is 6.01. The number of ether oxygens (including phenoxy) is 1. The average molecular weight is 254 g/mol. The summed E-state index contributed by atoms with van der Waals surface area (Å²) in [6.45, 7) is 1.14. The Morgan fingerprint density at radius 1 is 1.71 bits per heavy atom. The minimum absolute atomic E-state index is 0.307. The van der Waals surface area contributed by atoms with E-state index in [9.17, 15) is 4.79 Å². The van der Waals surface area contributed by atoms with Crippen molar-refractivity contribution in [3.05, 3.63) is 17.3 Å². The van der Waals surface area contributed by atoms with Gasteiger partial charge in [0, 0.05) is 31.1 Å². The van der Waals surface area contributed by atoms with Gasteiger partial charge in [-0.25, -0.2) is 0 Å². The van der Waals surface area contributed by atoms with Crippen molar-refractivity contribution in [3.8, 4) is 5.88 Å². The molecule has 6 nitrogen and oxygen atoms in total. The Morgan fingerprint density at radius 3 is 3.24 bits per heavy atom. The van der Waals surface area contributed by atoms with Gasteiger partial charge in [-0.1, -0.05) is 0 Å². The first kappa shape index (κ1) is 11.9. The highest BCUT2D eigenvalue weighted by Crippen LogP contribution is 2.22. The highest BCUT2D eigenvalue weighted by Gasteiger charge is 2.12. The molecule has 2 heterocycles. The fraction of sp³-hybridized carbons (Fsp3) is 0.400. The summed E-state index contributed by atoms with van der Waals surface area (Å²) >= 11 is 1.55. The maximum Gasteiger partial charge on any atom is 0.237 e. The summed E-state index contributed by atoms with van der Waals surface area (Å²) in [5, 5.41) is 5.11. The predicted octanol–water partition coefficient (Wildman–Crippen LogP) is 0.369. The highest BCUT2D eigenvalue weighted by molar-refractivity contribution is 7.15. The van der Waals surface area contributed by atoms with Crippen LogP contribution >= 0.6 is 11.3 Å². The van der Waals surface area contributed by atoms with E-state index in [2.05, 4.69) is 10.3 Å². The van der Waals surface area contributed by atoms with E-state index in [-0.39, 0.29) is 5.91 Å². The van der Waals surface area contributed by atoms with Crippen molar-refractivity contribution < 1.29 is 9.53 Å². The number of nitrogens with two attached hydrogens (primary N) is 1. The van der Waals surface area contributed by atoms with Crippen LogP contribution in [0.1, 0.15) is 12.1 Å². The van der Waals surface area contributed by atoms with Crippen molar-refractivity contribution in [2.45, 2.75) is 13.0 Å². The minimum atomic E-state index is -0.307. The quantitative estimate of drug-likeness (QED) is 0.730. The van der Waals surface area contributed by atoms with Crippen LogP contribution in [0, 0.1) is 0 Å². The number of amides is 1. The number of imidazole rings is 1. The van der Waals surface area contributed by atoms with Crippen molar-refractivity contribution in [1.82, 2.24) is 14.7 Å². The van der Waals surface area contributed by atoms with E-state index in [1.807, 2.05) is 16.0 Å². The number of rotatable bonds is 6. The Kier molecular flexibility index (Phi) is 3.60.